The summed E-state index contributed by atoms with van der Waals surface area (Å²) in [6.07, 6.45) is 0.820. The van der Waals surface area contributed by atoms with Gasteiger partial charge in [-0.25, -0.2) is 14.2 Å². The molecule has 186 valence electrons. The molecule has 0 spiro atoms. The van der Waals surface area contributed by atoms with Crippen LogP contribution >= 0.6 is 0 Å². The minimum atomic E-state index is -0.861. The molecule has 0 saturated carbocycles. The van der Waals surface area contributed by atoms with Crippen LogP contribution in [0.2, 0.25) is 0 Å². The zero-order chi connectivity index (χ0) is 25.3. The summed E-state index contributed by atoms with van der Waals surface area (Å²) in [6.45, 7) is -0.0944. The van der Waals surface area contributed by atoms with Crippen molar-refractivity contribution in [3.8, 4) is 11.5 Å². The molecule has 0 amide bonds. The third-order valence-electron chi connectivity index (χ3n) is 6.10. The standard InChI is InChI=1S/C24H26FN3O7/c1-33-16-5-4-13(20(7-16)34-2)9-27-11-18(24(32)35-3)21(31)17-8-19(25)23(26-22(17)27)28-10-15(30)6-14(28)12-29/h4-5,7-8,11,14-15,29-30H,6,9-10,12H2,1-3H3/t14-,15+/m0/s1. The van der Waals surface area contributed by atoms with Gasteiger partial charge in [0, 0.05) is 24.4 Å². The van der Waals surface area contributed by atoms with Gasteiger partial charge in [0.25, 0.3) is 0 Å². The van der Waals surface area contributed by atoms with Gasteiger partial charge < -0.3 is 33.9 Å². The lowest BCUT2D eigenvalue weighted by Gasteiger charge is -2.25. The molecule has 0 radical (unpaired) electrons. The normalized spacial score (nSPS) is 17.6. The zero-order valence-electron chi connectivity index (χ0n) is 19.5. The van der Waals surface area contributed by atoms with Crippen molar-refractivity contribution in [2.24, 2.45) is 0 Å². The number of ether oxygens (including phenoxy) is 3. The van der Waals surface area contributed by atoms with E-state index in [0.717, 1.165) is 13.2 Å². The molecule has 2 N–H and O–H groups in total. The van der Waals surface area contributed by atoms with E-state index >= 15 is 4.39 Å². The minimum Gasteiger partial charge on any atom is -0.497 e. The van der Waals surface area contributed by atoms with E-state index in [1.165, 1.54) is 29.9 Å². The van der Waals surface area contributed by atoms with E-state index in [2.05, 4.69) is 4.98 Å². The molecule has 1 aliphatic rings. The van der Waals surface area contributed by atoms with E-state index < -0.39 is 29.4 Å². The second kappa shape index (κ2) is 9.88. The Bertz CT molecular complexity index is 1330. The van der Waals surface area contributed by atoms with E-state index in [1.807, 2.05) is 0 Å². The first kappa shape index (κ1) is 24.4. The molecular formula is C24H26FN3O7. The number of methoxy groups -OCH3 is 3. The molecule has 3 aromatic rings. The quantitative estimate of drug-likeness (QED) is 0.475. The number of hydrogen-bond acceptors (Lipinski definition) is 9. The van der Waals surface area contributed by atoms with Crippen LogP contribution in [0.1, 0.15) is 22.3 Å². The van der Waals surface area contributed by atoms with Gasteiger partial charge >= 0.3 is 5.97 Å². The molecular weight excluding hydrogens is 461 g/mol. The predicted octanol–water partition coefficient (Wildman–Crippen LogP) is 1.32. The van der Waals surface area contributed by atoms with E-state index in [-0.39, 0.29) is 48.5 Å². The fourth-order valence-electron chi connectivity index (χ4n) is 4.34. The summed E-state index contributed by atoms with van der Waals surface area (Å²) in [5.74, 6) is -0.691. The maximum absolute atomic E-state index is 15.2. The lowest BCUT2D eigenvalue weighted by Crippen LogP contribution is -2.34. The van der Waals surface area contributed by atoms with Gasteiger partial charge in [-0.15, -0.1) is 0 Å². The largest absolute Gasteiger partial charge is 0.497 e. The summed E-state index contributed by atoms with van der Waals surface area (Å²) in [5.41, 5.74) is -0.184. The summed E-state index contributed by atoms with van der Waals surface area (Å²) in [6, 6.07) is 5.69. The molecule has 0 aliphatic carbocycles. The van der Waals surface area contributed by atoms with Crippen molar-refractivity contribution < 1.29 is 33.6 Å². The first-order chi connectivity index (χ1) is 16.8. The van der Waals surface area contributed by atoms with Gasteiger partial charge in [0.05, 0.1) is 52.0 Å². The topological polar surface area (TPSA) is 123 Å². The van der Waals surface area contributed by atoms with Crippen molar-refractivity contribution in [1.29, 1.82) is 0 Å². The number of benzene rings is 1. The van der Waals surface area contributed by atoms with Crippen LogP contribution in [0.4, 0.5) is 10.2 Å². The van der Waals surface area contributed by atoms with Crippen LogP contribution in [-0.4, -0.2) is 72.4 Å². The van der Waals surface area contributed by atoms with Crippen molar-refractivity contribution in [1.82, 2.24) is 9.55 Å². The SMILES string of the molecule is COC(=O)c1cn(Cc2ccc(OC)cc2OC)c2nc(N3C[C@H](O)C[C@H]3CO)c(F)cc2c1=O. The average Bonchev–Trinajstić information content (AvgIpc) is 3.25. The Labute approximate surface area is 200 Å². The summed E-state index contributed by atoms with van der Waals surface area (Å²) in [7, 11) is 4.18. The molecule has 2 atom stereocenters. The maximum Gasteiger partial charge on any atom is 0.343 e. The van der Waals surface area contributed by atoms with Crippen molar-refractivity contribution in [2.75, 3.05) is 39.4 Å². The second-order valence-electron chi connectivity index (χ2n) is 8.21. The third kappa shape index (κ3) is 4.52. The highest BCUT2D eigenvalue weighted by Crippen LogP contribution is 2.30. The predicted molar refractivity (Wildman–Crippen MR) is 125 cm³/mol. The number of anilines is 1. The first-order valence-electron chi connectivity index (χ1n) is 10.9. The summed E-state index contributed by atoms with van der Waals surface area (Å²) in [5, 5.41) is 19.6. The number of carbonyl (C=O) groups excluding carboxylic acids is 1. The van der Waals surface area contributed by atoms with Crippen molar-refractivity contribution in [3.05, 3.63) is 57.6 Å². The second-order valence-corrected chi connectivity index (χ2v) is 8.21. The fraction of sp³-hybridized carbons (Fsp3) is 0.375. The summed E-state index contributed by atoms with van der Waals surface area (Å²) < 4.78 is 32.2. The maximum atomic E-state index is 15.2. The molecule has 1 fully saturated rings. The number of rotatable bonds is 7. The average molecular weight is 487 g/mol. The Kier molecular flexibility index (Phi) is 6.90. The van der Waals surface area contributed by atoms with Crippen molar-refractivity contribution in [2.45, 2.75) is 25.1 Å². The van der Waals surface area contributed by atoms with Crippen LogP contribution in [0.3, 0.4) is 0 Å². The number of carbonyl (C=O) groups is 1. The number of aliphatic hydroxyl groups excluding tert-OH is 2. The highest BCUT2D eigenvalue weighted by atomic mass is 19.1. The van der Waals surface area contributed by atoms with Crippen LogP contribution in [0, 0.1) is 5.82 Å². The highest BCUT2D eigenvalue weighted by molar-refractivity contribution is 5.93. The number of β-amino-alcohol motifs (C(OH)–C–C–N with tert-alkyl or cyclic N) is 1. The number of fused-ring (bicyclic) bond motifs is 1. The smallest absolute Gasteiger partial charge is 0.343 e. The molecule has 1 aromatic carbocycles. The van der Waals surface area contributed by atoms with E-state index in [0.29, 0.717) is 17.1 Å². The lowest BCUT2D eigenvalue weighted by molar-refractivity contribution is 0.0598. The number of hydrogen-bond donors (Lipinski definition) is 2. The summed E-state index contributed by atoms with van der Waals surface area (Å²) in [4.78, 5) is 31.3. The molecule has 4 rings (SSSR count). The molecule has 2 aromatic heterocycles. The minimum absolute atomic E-state index is 0.0808. The van der Waals surface area contributed by atoms with E-state index in [1.54, 1.807) is 18.2 Å². The van der Waals surface area contributed by atoms with Gasteiger partial charge in [-0.3, -0.25) is 4.79 Å². The Hall–Kier alpha value is -3.70. The van der Waals surface area contributed by atoms with E-state index in [4.69, 9.17) is 14.2 Å². The fourth-order valence-corrected chi connectivity index (χ4v) is 4.34. The monoisotopic (exact) mass is 487 g/mol. The molecule has 10 nitrogen and oxygen atoms in total. The number of aliphatic hydroxyl groups is 2. The molecule has 0 bridgehead atoms. The highest BCUT2D eigenvalue weighted by Gasteiger charge is 2.33. The van der Waals surface area contributed by atoms with Gasteiger partial charge in [0.2, 0.25) is 5.43 Å². The molecule has 1 aliphatic heterocycles. The van der Waals surface area contributed by atoms with Gasteiger partial charge in [0.1, 0.15) is 22.7 Å². The zero-order valence-corrected chi connectivity index (χ0v) is 19.5. The third-order valence-corrected chi connectivity index (χ3v) is 6.10. The number of pyridine rings is 2. The van der Waals surface area contributed by atoms with Crippen LogP contribution in [0.5, 0.6) is 11.5 Å². The van der Waals surface area contributed by atoms with E-state index in [9.17, 15) is 19.8 Å². The molecule has 11 heteroatoms. The van der Waals surface area contributed by atoms with Gasteiger partial charge in [-0.05, 0) is 24.6 Å². The number of halogens is 1. The van der Waals surface area contributed by atoms with Gasteiger partial charge in [0.15, 0.2) is 11.6 Å². The molecule has 0 unspecified atom stereocenters. The summed E-state index contributed by atoms with van der Waals surface area (Å²) >= 11 is 0. The Morgan fingerprint density at radius 1 is 1.23 bits per heavy atom. The number of nitrogens with zero attached hydrogens (tertiary/aromatic N) is 3. The molecule has 3 heterocycles. The first-order valence-corrected chi connectivity index (χ1v) is 10.9. The van der Waals surface area contributed by atoms with Gasteiger partial charge in [-0.2, -0.15) is 0 Å². The Morgan fingerprint density at radius 3 is 2.66 bits per heavy atom. The number of aromatic nitrogens is 2. The van der Waals surface area contributed by atoms with Gasteiger partial charge in [-0.1, -0.05) is 0 Å². The number of esters is 1. The lowest BCUT2D eigenvalue weighted by atomic mass is 10.1. The van der Waals surface area contributed by atoms with Crippen LogP contribution in [0.25, 0.3) is 11.0 Å². The van der Waals surface area contributed by atoms with Crippen molar-refractivity contribution >= 4 is 22.8 Å². The Balaban J connectivity index is 1.93. The molecule has 35 heavy (non-hydrogen) atoms. The van der Waals surface area contributed by atoms with Crippen molar-refractivity contribution in [3.63, 3.8) is 0 Å². The van der Waals surface area contributed by atoms with Crippen LogP contribution < -0.4 is 19.8 Å². The van der Waals surface area contributed by atoms with Crippen LogP contribution in [0.15, 0.2) is 35.3 Å². The molecule has 1 saturated heterocycles. The van der Waals surface area contributed by atoms with Crippen LogP contribution in [-0.2, 0) is 11.3 Å². The Morgan fingerprint density at radius 2 is 2.00 bits per heavy atom.